The van der Waals surface area contributed by atoms with Crippen LogP contribution < -0.4 is 5.32 Å². The van der Waals surface area contributed by atoms with Gasteiger partial charge in [-0.2, -0.15) is 0 Å². The molecule has 5 nitrogen and oxygen atoms in total. The summed E-state index contributed by atoms with van der Waals surface area (Å²) in [5, 5.41) is 2.84. The highest BCUT2D eigenvalue weighted by molar-refractivity contribution is 5.85. The number of rotatable bonds is 5. The molecule has 2 aliphatic rings. The second kappa shape index (κ2) is 6.98. The maximum Gasteiger partial charge on any atom is 0.317 e. The predicted molar refractivity (Wildman–Crippen MR) is 84.4 cm³/mol. The lowest BCUT2D eigenvalue weighted by molar-refractivity contribution is -0.135. The third kappa shape index (κ3) is 4.21. The van der Waals surface area contributed by atoms with Crippen molar-refractivity contribution in [1.82, 2.24) is 15.1 Å². The molecule has 1 heterocycles. The number of piperazine rings is 1. The molecule has 1 aliphatic carbocycles. The van der Waals surface area contributed by atoms with Gasteiger partial charge in [0.15, 0.2) is 0 Å². The normalized spacial score (nSPS) is 18.2. The highest BCUT2D eigenvalue weighted by Gasteiger charge is 2.36. The fourth-order valence-corrected chi connectivity index (χ4v) is 2.92. The van der Waals surface area contributed by atoms with E-state index in [0.29, 0.717) is 32.1 Å². The molecule has 1 saturated carbocycles. The van der Waals surface area contributed by atoms with Gasteiger partial charge in [0.25, 0.3) is 0 Å². The minimum atomic E-state index is -0.237. The highest BCUT2D eigenvalue weighted by Crippen LogP contribution is 2.27. The minimum absolute atomic E-state index is 0.0497. The van der Waals surface area contributed by atoms with Crippen molar-refractivity contribution in [1.29, 1.82) is 0 Å². The Labute approximate surface area is 135 Å². The monoisotopic (exact) mass is 319 g/mol. The summed E-state index contributed by atoms with van der Waals surface area (Å²) in [7, 11) is 0. The van der Waals surface area contributed by atoms with Gasteiger partial charge >= 0.3 is 6.03 Å². The predicted octanol–water partition coefficient (Wildman–Crippen LogP) is 1.77. The molecule has 6 heteroatoms. The molecule has 3 rings (SSSR count). The van der Waals surface area contributed by atoms with Crippen LogP contribution in [0.2, 0.25) is 0 Å². The van der Waals surface area contributed by atoms with E-state index in [1.807, 2.05) is 11.0 Å². The van der Waals surface area contributed by atoms with E-state index in [2.05, 4.69) is 5.32 Å². The summed E-state index contributed by atoms with van der Waals surface area (Å²) in [5.74, 6) is -0.188. The van der Waals surface area contributed by atoms with Crippen LogP contribution in [-0.4, -0.2) is 54.0 Å². The van der Waals surface area contributed by atoms with Gasteiger partial charge < -0.3 is 15.1 Å². The number of nitrogens with one attached hydrogen (secondary N) is 1. The lowest BCUT2D eigenvalue weighted by Crippen LogP contribution is -2.55. The first-order valence-corrected chi connectivity index (χ1v) is 8.20. The van der Waals surface area contributed by atoms with Crippen molar-refractivity contribution in [3.63, 3.8) is 0 Å². The third-order valence-electron chi connectivity index (χ3n) is 4.34. The largest absolute Gasteiger partial charge is 0.338 e. The highest BCUT2D eigenvalue weighted by atomic mass is 19.1. The van der Waals surface area contributed by atoms with Gasteiger partial charge in [0.05, 0.1) is 0 Å². The fourth-order valence-electron chi connectivity index (χ4n) is 2.92. The lowest BCUT2D eigenvalue weighted by Gasteiger charge is -2.34. The molecular weight excluding hydrogens is 297 g/mol. The number of aryl methyl sites for hydroxylation is 1. The van der Waals surface area contributed by atoms with Crippen molar-refractivity contribution in [3.05, 3.63) is 35.6 Å². The van der Waals surface area contributed by atoms with Crippen LogP contribution in [0.25, 0.3) is 0 Å². The van der Waals surface area contributed by atoms with Crippen LogP contribution in [0.3, 0.4) is 0 Å². The van der Waals surface area contributed by atoms with Crippen LogP contribution in [0.5, 0.6) is 0 Å². The molecule has 1 N–H and O–H groups in total. The Bertz CT molecular complexity index is 589. The molecule has 0 radical (unpaired) electrons. The topological polar surface area (TPSA) is 52.7 Å². The first-order valence-electron chi connectivity index (χ1n) is 8.20. The molecule has 0 bridgehead atoms. The zero-order valence-corrected chi connectivity index (χ0v) is 13.1. The van der Waals surface area contributed by atoms with Crippen LogP contribution in [0.15, 0.2) is 24.3 Å². The Balaban J connectivity index is 1.37. The molecule has 0 atom stereocenters. The molecule has 0 aromatic heterocycles. The number of carbonyl (C=O) groups is 2. The van der Waals surface area contributed by atoms with Gasteiger partial charge in [-0.25, -0.2) is 9.18 Å². The van der Waals surface area contributed by atoms with Gasteiger partial charge in [0.1, 0.15) is 12.4 Å². The van der Waals surface area contributed by atoms with Crippen LogP contribution in [-0.2, 0) is 11.2 Å². The van der Waals surface area contributed by atoms with E-state index in [-0.39, 0.29) is 24.3 Å². The number of halogens is 1. The molecule has 1 aliphatic heterocycles. The van der Waals surface area contributed by atoms with E-state index in [1.165, 1.54) is 12.1 Å². The molecule has 1 saturated heterocycles. The van der Waals surface area contributed by atoms with E-state index in [0.717, 1.165) is 24.8 Å². The zero-order valence-electron chi connectivity index (χ0n) is 13.1. The Morgan fingerprint density at radius 1 is 1.30 bits per heavy atom. The van der Waals surface area contributed by atoms with Crippen molar-refractivity contribution < 1.29 is 14.0 Å². The summed E-state index contributed by atoms with van der Waals surface area (Å²) in [6.45, 7) is 1.93. The molecule has 3 amide bonds. The van der Waals surface area contributed by atoms with Gasteiger partial charge in [-0.05, 0) is 43.4 Å². The lowest BCUT2D eigenvalue weighted by atomic mass is 10.1. The van der Waals surface area contributed by atoms with E-state index in [9.17, 15) is 14.0 Å². The first-order chi connectivity index (χ1) is 11.1. The smallest absolute Gasteiger partial charge is 0.317 e. The van der Waals surface area contributed by atoms with Crippen LogP contribution in [0, 0.1) is 5.82 Å². The van der Waals surface area contributed by atoms with Gasteiger partial charge in [-0.3, -0.25) is 4.79 Å². The Morgan fingerprint density at radius 3 is 2.83 bits per heavy atom. The molecule has 2 fully saturated rings. The maximum atomic E-state index is 13.1. The van der Waals surface area contributed by atoms with Gasteiger partial charge in [-0.1, -0.05) is 12.1 Å². The van der Waals surface area contributed by atoms with Crippen molar-refractivity contribution >= 4 is 11.9 Å². The van der Waals surface area contributed by atoms with Crippen molar-refractivity contribution in [3.8, 4) is 0 Å². The Kier molecular flexibility index (Phi) is 4.79. The number of nitrogens with zero attached hydrogens (tertiary/aromatic N) is 2. The molecule has 0 unspecified atom stereocenters. The minimum Gasteiger partial charge on any atom is -0.338 e. The van der Waals surface area contributed by atoms with Crippen LogP contribution >= 0.6 is 0 Å². The summed E-state index contributed by atoms with van der Waals surface area (Å²) in [5.41, 5.74) is 0.924. The Hall–Kier alpha value is -2.11. The quantitative estimate of drug-likeness (QED) is 0.841. The standard InChI is InChI=1S/C17H22FN3O2/c18-14-5-1-3-13(11-14)4-2-8-19-17(23)20-9-10-21(15-6-7-15)16(22)12-20/h1,3,5,11,15H,2,4,6-10,12H2,(H,19,23). The molecule has 0 spiro atoms. The summed E-state index contributed by atoms with van der Waals surface area (Å²) >= 11 is 0. The maximum absolute atomic E-state index is 13.1. The number of hydrogen-bond donors (Lipinski definition) is 1. The Morgan fingerprint density at radius 2 is 2.13 bits per heavy atom. The van der Waals surface area contributed by atoms with Gasteiger partial charge in [0, 0.05) is 25.7 Å². The average Bonchev–Trinajstić information content (AvgIpc) is 3.36. The molecule has 23 heavy (non-hydrogen) atoms. The summed E-state index contributed by atoms with van der Waals surface area (Å²) < 4.78 is 13.1. The van der Waals surface area contributed by atoms with Gasteiger partial charge in [0.2, 0.25) is 5.91 Å². The number of hydrogen-bond acceptors (Lipinski definition) is 2. The number of urea groups is 1. The SMILES string of the molecule is O=C(NCCCc1cccc(F)c1)N1CCN(C2CC2)C(=O)C1. The van der Waals surface area contributed by atoms with E-state index in [4.69, 9.17) is 0 Å². The second-order valence-electron chi connectivity index (χ2n) is 6.21. The molecule has 1 aromatic rings. The van der Waals surface area contributed by atoms with Crippen molar-refractivity contribution in [2.45, 2.75) is 31.7 Å². The third-order valence-corrected chi connectivity index (χ3v) is 4.34. The summed E-state index contributed by atoms with van der Waals surface area (Å²) in [6.07, 6.45) is 3.65. The number of benzene rings is 1. The molecule has 1 aromatic carbocycles. The number of carbonyl (C=O) groups excluding carboxylic acids is 2. The fraction of sp³-hybridized carbons (Fsp3) is 0.529. The van der Waals surface area contributed by atoms with Crippen molar-refractivity contribution in [2.24, 2.45) is 0 Å². The molecule has 124 valence electrons. The molecular formula is C17H22FN3O2. The zero-order chi connectivity index (χ0) is 16.2. The number of amides is 3. The van der Waals surface area contributed by atoms with E-state index in [1.54, 1.807) is 11.0 Å². The average molecular weight is 319 g/mol. The van der Waals surface area contributed by atoms with Crippen LogP contribution in [0.4, 0.5) is 9.18 Å². The van der Waals surface area contributed by atoms with E-state index < -0.39 is 0 Å². The van der Waals surface area contributed by atoms with Crippen LogP contribution in [0.1, 0.15) is 24.8 Å². The van der Waals surface area contributed by atoms with E-state index >= 15 is 0 Å². The summed E-state index contributed by atoms with van der Waals surface area (Å²) in [4.78, 5) is 27.6. The summed E-state index contributed by atoms with van der Waals surface area (Å²) in [6, 6.07) is 6.72. The van der Waals surface area contributed by atoms with Crippen molar-refractivity contribution in [2.75, 3.05) is 26.2 Å². The first kappa shape index (κ1) is 15.8. The second-order valence-corrected chi connectivity index (χ2v) is 6.21. The van der Waals surface area contributed by atoms with Gasteiger partial charge in [-0.15, -0.1) is 0 Å².